The van der Waals surface area contributed by atoms with Crippen LogP contribution in [0.1, 0.15) is 17.5 Å². The lowest BCUT2D eigenvalue weighted by Crippen LogP contribution is -2.35. The van der Waals surface area contributed by atoms with Crippen LogP contribution in [0, 0.1) is 0 Å². The van der Waals surface area contributed by atoms with E-state index in [4.69, 9.17) is 9.47 Å². The van der Waals surface area contributed by atoms with E-state index in [9.17, 15) is 8.42 Å². The van der Waals surface area contributed by atoms with E-state index in [1.807, 2.05) is 48.5 Å². The van der Waals surface area contributed by atoms with E-state index in [1.54, 1.807) is 14.2 Å². The van der Waals surface area contributed by atoms with E-state index in [0.29, 0.717) is 19.5 Å². The first-order valence-electron chi connectivity index (χ1n) is 8.69. The third-order valence-corrected chi connectivity index (χ3v) is 6.54. The van der Waals surface area contributed by atoms with Gasteiger partial charge in [-0.05, 0) is 41.8 Å². The van der Waals surface area contributed by atoms with Crippen molar-refractivity contribution in [3.63, 3.8) is 0 Å². The SMILES string of the molecule is COc1ccc(CN(Cc2cccc(OC)c2)C2CCS(=O)(=O)C2)cc1. The van der Waals surface area contributed by atoms with Gasteiger partial charge in [0.25, 0.3) is 0 Å². The highest BCUT2D eigenvalue weighted by Gasteiger charge is 2.32. The van der Waals surface area contributed by atoms with Crippen molar-refractivity contribution >= 4 is 9.84 Å². The molecule has 0 aliphatic carbocycles. The Balaban J connectivity index is 1.80. The third kappa shape index (κ3) is 4.77. The number of ether oxygens (including phenoxy) is 2. The Labute approximate surface area is 155 Å². The minimum absolute atomic E-state index is 0.0355. The van der Waals surface area contributed by atoms with E-state index in [0.717, 1.165) is 22.6 Å². The fourth-order valence-corrected chi connectivity index (χ4v) is 5.11. The van der Waals surface area contributed by atoms with Crippen LogP contribution in [0.3, 0.4) is 0 Å². The van der Waals surface area contributed by atoms with Crippen LogP contribution in [0.25, 0.3) is 0 Å². The lowest BCUT2D eigenvalue weighted by atomic mass is 10.1. The summed E-state index contributed by atoms with van der Waals surface area (Å²) in [5, 5.41) is 0. The number of sulfone groups is 1. The van der Waals surface area contributed by atoms with Gasteiger partial charge >= 0.3 is 0 Å². The van der Waals surface area contributed by atoms with Gasteiger partial charge in [0, 0.05) is 19.1 Å². The topological polar surface area (TPSA) is 55.8 Å². The van der Waals surface area contributed by atoms with Crippen molar-refractivity contribution < 1.29 is 17.9 Å². The highest BCUT2D eigenvalue weighted by Crippen LogP contribution is 2.24. The highest BCUT2D eigenvalue weighted by atomic mass is 32.2. The molecule has 0 N–H and O–H groups in total. The molecule has 1 fully saturated rings. The molecule has 140 valence electrons. The quantitative estimate of drug-likeness (QED) is 0.745. The predicted molar refractivity (Wildman–Crippen MR) is 102 cm³/mol. The van der Waals surface area contributed by atoms with Crippen molar-refractivity contribution in [2.24, 2.45) is 0 Å². The Morgan fingerprint density at radius 3 is 2.27 bits per heavy atom. The molecule has 1 atom stereocenters. The molecular formula is C20H25NO4S. The standard InChI is InChI=1S/C20H25NO4S/c1-24-19-8-6-16(7-9-19)13-21(18-10-11-26(22,23)15-18)14-17-4-3-5-20(12-17)25-2/h3-9,12,18H,10-11,13-15H2,1-2H3. The fourth-order valence-electron chi connectivity index (χ4n) is 3.35. The van der Waals surface area contributed by atoms with Crippen molar-refractivity contribution in [1.82, 2.24) is 4.90 Å². The monoisotopic (exact) mass is 375 g/mol. The molecule has 0 bridgehead atoms. The van der Waals surface area contributed by atoms with E-state index in [2.05, 4.69) is 4.90 Å². The minimum atomic E-state index is -2.93. The molecule has 1 aliphatic heterocycles. The zero-order valence-electron chi connectivity index (χ0n) is 15.2. The number of hydrogen-bond acceptors (Lipinski definition) is 5. The second kappa shape index (κ2) is 8.10. The van der Waals surface area contributed by atoms with E-state index in [1.165, 1.54) is 0 Å². The summed E-state index contributed by atoms with van der Waals surface area (Å²) in [5.74, 6) is 2.13. The molecule has 2 aromatic rings. The van der Waals surface area contributed by atoms with Crippen molar-refractivity contribution in [2.75, 3.05) is 25.7 Å². The van der Waals surface area contributed by atoms with Gasteiger partial charge in [0.05, 0.1) is 25.7 Å². The average Bonchev–Trinajstić information content (AvgIpc) is 3.02. The van der Waals surface area contributed by atoms with E-state index >= 15 is 0 Å². The first kappa shape index (κ1) is 18.7. The number of benzene rings is 2. The molecule has 5 nitrogen and oxygen atoms in total. The lowest BCUT2D eigenvalue weighted by Gasteiger charge is -2.28. The van der Waals surface area contributed by atoms with Crippen LogP contribution >= 0.6 is 0 Å². The summed E-state index contributed by atoms with van der Waals surface area (Å²) < 4.78 is 34.5. The Bertz CT molecular complexity index is 833. The van der Waals surface area contributed by atoms with Crippen LogP contribution in [0.5, 0.6) is 11.5 Å². The molecule has 6 heteroatoms. The van der Waals surface area contributed by atoms with Crippen LogP contribution in [0.4, 0.5) is 0 Å². The van der Waals surface area contributed by atoms with E-state index in [-0.39, 0.29) is 17.5 Å². The summed E-state index contributed by atoms with van der Waals surface area (Å²) in [6, 6.07) is 15.9. The van der Waals surface area contributed by atoms with Gasteiger partial charge < -0.3 is 9.47 Å². The predicted octanol–water partition coefficient (Wildman–Crippen LogP) is 2.89. The molecule has 0 radical (unpaired) electrons. The Morgan fingerprint density at radius 2 is 1.65 bits per heavy atom. The Kier molecular flexibility index (Phi) is 5.84. The van der Waals surface area contributed by atoms with Gasteiger partial charge in [0.15, 0.2) is 9.84 Å². The average molecular weight is 375 g/mol. The summed E-state index contributed by atoms with van der Waals surface area (Å²) in [6.07, 6.45) is 0.683. The number of nitrogens with zero attached hydrogens (tertiary/aromatic N) is 1. The van der Waals surface area contributed by atoms with Crippen LogP contribution < -0.4 is 9.47 Å². The van der Waals surface area contributed by atoms with Gasteiger partial charge in [0.2, 0.25) is 0 Å². The minimum Gasteiger partial charge on any atom is -0.497 e. The molecule has 1 unspecified atom stereocenters. The number of methoxy groups -OCH3 is 2. The van der Waals surface area contributed by atoms with Gasteiger partial charge in [-0.3, -0.25) is 4.90 Å². The maximum atomic E-state index is 12.0. The van der Waals surface area contributed by atoms with Crippen LogP contribution in [-0.4, -0.2) is 45.1 Å². The Hall–Kier alpha value is -2.05. The molecule has 1 aliphatic rings. The van der Waals surface area contributed by atoms with Gasteiger partial charge in [-0.1, -0.05) is 24.3 Å². The molecule has 1 saturated heterocycles. The molecule has 0 amide bonds. The number of hydrogen-bond donors (Lipinski definition) is 0. The molecule has 0 aromatic heterocycles. The summed E-state index contributed by atoms with van der Waals surface area (Å²) in [6.45, 7) is 1.38. The zero-order chi connectivity index (χ0) is 18.6. The molecule has 0 spiro atoms. The van der Waals surface area contributed by atoms with Gasteiger partial charge in [-0.25, -0.2) is 8.42 Å². The summed E-state index contributed by atoms with van der Waals surface area (Å²) in [7, 11) is 0.362. The smallest absolute Gasteiger partial charge is 0.151 e. The first-order valence-corrected chi connectivity index (χ1v) is 10.5. The zero-order valence-corrected chi connectivity index (χ0v) is 16.0. The van der Waals surface area contributed by atoms with Crippen molar-refractivity contribution in [3.05, 3.63) is 59.7 Å². The normalized spacial score (nSPS) is 18.8. The molecular weight excluding hydrogens is 350 g/mol. The molecule has 0 saturated carbocycles. The van der Waals surface area contributed by atoms with Gasteiger partial charge in [-0.2, -0.15) is 0 Å². The van der Waals surface area contributed by atoms with Crippen molar-refractivity contribution in [2.45, 2.75) is 25.6 Å². The summed E-state index contributed by atoms with van der Waals surface area (Å²) >= 11 is 0. The summed E-state index contributed by atoms with van der Waals surface area (Å²) in [5.41, 5.74) is 2.25. The first-order chi connectivity index (χ1) is 12.5. The summed E-state index contributed by atoms with van der Waals surface area (Å²) in [4.78, 5) is 2.25. The maximum absolute atomic E-state index is 12.0. The highest BCUT2D eigenvalue weighted by molar-refractivity contribution is 7.91. The Morgan fingerprint density at radius 1 is 0.962 bits per heavy atom. The van der Waals surface area contributed by atoms with E-state index < -0.39 is 9.84 Å². The molecule has 26 heavy (non-hydrogen) atoms. The van der Waals surface area contributed by atoms with Crippen LogP contribution in [0.2, 0.25) is 0 Å². The van der Waals surface area contributed by atoms with Crippen LogP contribution in [-0.2, 0) is 22.9 Å². The molecule has 1 heterocycles. The third-order valence-electron chi connectivity index (χ3n) is 4.79. The van der Waals surface area contributed by atoms with Crippen molar-refractivity contribution in [1.29, 1.82) is 0 Å². The molecule has 2 aromatic carbocycles. The van der Waals surface area contributed by atoms with Crippen molar-refractivity contribution in [3.8, 4) is 11.5 Å². The van der Waals surface area contributed by atoms with Crippen LogP contribution in [0.15, 0.2) is 48.5 Å². The molecule has 3 rings (SSSR count). The fraction of sp³-hybridized carbons (Fsp3) is 0.400. The lowest BCUT2D eigenvalue weighted by molar-refractivity contribution is 0.194. The van der Waals surface area contributed by atoms with Gasteiger partial charge in [-0.15, -0.1) is 0 Å². The number of rotatable bonds is 7. The second-order valence-electron chi connectivity index (χ2n) is 6.66. The maximum Gasteiger partial charge on any atom is 0.151 e. The second-order valence-corrected chi connectivity index (χ2v) is 8.89. The van der Waals surface area contributed by atoms with Gasteiger partial charge in [0.1, 0.15) is 11.5 Å². The largest absolute Gasteiger partial charge is 0.497 e.